The monoisotopic (exact) mass is 287 g/mol. The van der Waals surface area contributed by atoms with Crippen molar-refractivity contribution in [2.45, 2.75) is 44.7 Å². The fraction of sp³-hybridized carbons (Fsp3) is 0.667. The van der Waals surface area contributed by atoms with Gasteiger partial charge in [-0.25, -0.2) is 0 Å². The standard InChI is InChI=1S/C18H29N3/c1-20-10-3-2-9-18(20)14-19-17-8-6-7-16(13-17)15-21-11-4-5-12-21/h6-8,13,18-19H,2-5,9-12,14-15H2,1H3. The number of anilines is 1. The molecule has 2 aliphatic rings. The van der Waals surface area contributed by atoms with Crippen molar-refractivity contribution in [1.29, 1.82) is 0 Å². The van der Waals surface area contributed by atoms with Crippen molar-refractivity contribution in [1.82, 2.24) is 9.80 Å². The van der Waals surface area contributed by atoms with E-state index >= 15 is 0 Å². The Labute approximate surface area is 129 Å². The molecule has 3 nitrogen and oxygen atoms in total. The summed E-state index contributed by atoms with van der Waals surface area (Å²) in [5, 5.41) is 3.65. The summed E-state index contributed by atoms with van der Waals surface area (Å²) in [4.78, 5) is 5.07. The SMILES string of the molecule is CN1CCCCC1CNc1cccc(CN2CCCC2)c1. The second-order valence-corrected chi connectivity index (χ2v) is 6.69. The van der Waals surface area contributed by atoms with Crippen LogP contribution in [-0.2, 0) is 6.54 Å². The molecule has 0 aliphatic carbocycles. The molecule has 0 aromatic heterocycles. The zero-order chi connectivity index (χ0) is 14.5. The van der Waals surface area contributed by atoms with Crippen molar-refractivity contribution in [3.05, 3.63) is 29.8 Å². The number of piperidine rings is 1. The van der Waals surface area contributed by atoms with E-state index in [1.165, 1.54) is 63.0 Å². The Bertz CT molecular complexity index is 440. The minimum absolute atomic E-state index is 0.695. The minimum atomic E-state index is 0.695. The molecule has 1 atom stereocenters. The van der Waals surface area contributed by atoms with E-state index < -0.39 is 0 Å². The smallest absolute Gasteiger partial charge is 0.0343 e. The van der Waals surface area contributed by atoms with Crippen LogP contribution in [0.15, 0.2) is 24.3 Å². The van der Waals surface area contributed by atoms with E-state index in [2.05, 4.69) is 46.4 Å². The van der Waals surface area contributed by atoms with E-state index in [0.717, 1.165) is 13.1 Å². The summed E-state index contributed by atoms with van der Waals surface area (Å²) in [6.07, 6.45) is 6.80. The van der Waals surface area contributed by atoms with Gasteiger partial charge in [-0.05, 0) is 70.1 Å². The molecule has 1 aromatic carbocycles. The predicted molar refractivity (Wildman–Crippen MR) is 89.7 cm³/mol. The maximum Gasteiger partial charge on any atom is 0.0343 e. The number of nitrogens with one attached hydrogen (secondary N) is 1. The quantitative estimate of drug-likeness (QED) is 0.897. The van der Waals surface area contributed by atoms with Gasteiger partial charge in [0.1, 0.15) is 0 Å². The zero-order valence-corrected chi connectivity index (χ0v) is 13.4. The molecule has 0 radical (unpaired) electrons. The van der Waals surface area contributed by atoms with Crippen LogP contribution in [0.1, 0.15) is 37.7 Å². The number of likely N-dealkylation sites (N-methyl/N-ethyl adjacent to an activating group) is 1. The van der Waals surface area contributed by atoms with Crippen molar-refractivity contribution < 1.29 is 0 Å². The van der Waals surface area contributed by atoms with Crippen LogP contribution in [0.25, 0.3) is 0 Å². The van der Waals surface area contributed by atoms with Gasteiger partial charge in [-0.15, -0.1) is 0 Å². The summed E-state index contributed by atoms with van der Waals surface area (Å²) in [5.41, 5.74) is 2.73. The molecule has 1 N–H and O–H groups in total. The lowest BCUT2D eigenvalue weighted by molar-refractivity contribution is 0.194. The molecule has 1 unspecified atom stereocenters. The lowest BCUT2D eigenvalue weighted by atomic mass is 10.0. The molecule has 1 aromatic rings. The molecule has 0 bridgehead atoms. The van der Waals surface area contributed by atoms with Gasteiger partial charge in [0.25, 0.3) is 0 Å². The molecular weight excluding hydrogens is 258 g/mol. The van der Waals surface area contributed by atoms with E-state index in [-0.39, 0.29) is 0 Å². The molecule has 116 valence electrons. The minimum Gasteiger partial charge on any atom is -0.383 e. The van der Waals surface area contributed by atoms with Gasteiger partial charge in [-0.2, -0.15) is 0 Å². The van der Waals surface area contributed by atoms with Crippen LogP contribution in [0, 0.1) is 0 Å². The van der Waals surface area contributed by atoms with Gasteiger partial charge in [0.15, 0.2) is 0 Å². The Morgan fingerprint density at radius 2 is 1.90 bits per heavy atom. The molecule has 0 amide bonds. The molecule has 3 heteroatoms. The summed E-state index contributed by atoms with van der Waals surface area (Å²) in [6, 6.07) is 9.69. The first-order valence-electron chi connectivity index (χ1n) is 8.57. The Hall–Kier alpha value is -1.06. The van der Waals surface area contributed by atoms with Gasteiger partial charge in [0.05, 0.1) is 0 Å². The first-order chi connectivity index (χ1) is 10.3. The first-order valence-corrected chi connectivity index (χ1v) is 8.57. The largest absolute Gasteiger partial charge is 0.383 e. The molecule has 3 rings (SSSR count). The fourth-order valence-corrected chi connectivity index (χ4v) is 3.62. The van der Waals surface area contributed by atoms with E-state index in [1.54, 1.807) is 0 Å². The van der Waals surface area contributed by atoms with Crippen molar-refractivity contribution in [2.24, 2.45) is 0 Å². The van der Waals surface area contributed by atoms with Crippen molar-refractivity contribution in [2.75, 3.05) is 38.5 Å². The van der Waals surface area contributed by atoms with E-state index in [0.29, 0.717) is 6.04 Å². The second kappa shape index (κ2) is 7.28. The third-order valence-electron chi connectivity index (χ3n) is 5.00. The van der Waals surface area contributed by atoms with Crippen LogP contribution in [0.2, 0.25) is 0 Å². The average molecular weight is 287 g/mol. The van der Waals surface area contributed by atoms with Gasteiger partial charge in [-0.3, -0.25) is 4.90 Å². The number of hydrogen-bond acceptors (Lipinski definition) is 3. The lowest BCUT2D eigenvalue weighted by Gasteiger charge is -2.32. The maximum absolute atomic E-state index is 3.65. The normalized spacial score (nSPS) is 24.3. The van der Waals surface area contributed by atoms with E-state index in [1.807, 2.05) is 0 Å². The van der Waals surface area contributed by atoms with Gasteiger partial charge in [0.2, 0.25) is 0 Å². The van der Waals surface area contributed by atoms with Crippen LogP contribution < -0.4 is 5.32 Å². The van der Waals surface area contributed by atoms with Crippen molar-refractivity contribution in [3.63, 3.8) is 0 Å². The van der Waals surface area contributed by atoms with E-state index in [4.69, 9.17) is 0 Å². The van der Waals surface area contributed by atoms with Gasteiger partial charge in [0, 0.05) is 24.8 Å². The Morgan fingerprint density at radius 1 is 1.10 bits per heavy atom. The highest BCUT2D eigenvalue weighted by molar-refractivity contribution is 5.45. The molecular formula is C18H29N3. The number of hydrogen-bond donors (Lipinski definition) is 1. The third kappa shape index (κ3) is 4.21. The van der Waals surface area contributed by atoms with Crippen molar-refractivity contribution in [3.8, 4) is 0 Å². The predicted octanol–water partition coefficient (Wildman–Crippen LogP) is 3.18. The molecule has 0 spiro atoms. The van der Waals surface area contributed by atoms with Gasteiger partial charge < -0.3 is 10.2 Å². The Balaban J connectivity index is 1.52. The first kappa shape index (κ1) is 14.9. The highest BCUT2D eigenvalue weighted by Gasteiger charge is 2.18. The summed E-state index contributed by atoms with van der Waals surface area (Å²) in [7, 11) is 2.26. The van der Waals surface area contributed by atoms with E-state index in [9.17, 15) is 0 Å². The summed E-state index contributed by atoms with van der Waals surface area (Å²) in [5.74, 6) is 0. The van der Waals surface area contributed by atoms with Crippen LogP contribution >= 0.6 is 0 Å². The number of benzene rings is 1. The topological polar surface area (TPSA) is 18.5 Å². The highest BCUT2D eigenvalue weighted by Crippen LogP contribution is 2.18. The van der Waals surface area contributed by atoms with Gasteiger partial charge in [-0.1, -0.05) is 18.6 Å². The summed E-state index contributed by atoms with van der Waals surface area (Å²) in [6.45, 7) is 5.97. The Kier molecular flexibility index (Phi) is 5.15. The highest BCUT2D eigenvalue weighted by atomic mass is 15.2. The zero-order valence-electron chi connectivity index (χ0n) is 13.4. The molecule has 2 aliphatic heterocycles. The number of nitrogens with zero attached hydrogens (tertiary/aromatic N) is 2. The Morgan fingerprint density at radius 3 is 2.71 bits per heavy atom. The van der Waals surface area contributed by atoms with Crippen LogP contribution in [0.3, 0.4) is 0 Å². The van der Waals surface area contributed by atoms with Crippen molar-refractivity contribution >= 4 is 5.69 Å². The molecule has 2 heterocycles. The van der Waals surface area contributed by atoms with Gasteiger partial charge >= 0.3 is 0 Å². The average Bonchev–Trinajstić information content (AvgIpc) is 3.00. The number of rotatable bonds is 5. The molecule has 2 saturated heterocycles. The number of likely N-dealkylation sites (tertiary alicyclic amines) is 2. The fourth-order valence-electron chi connectivity index (χ4n) is 3.62. The third-order valence-corrected chi connectivity index (χ3v) is 5.00. The van der Waals surface area contributed by atoms with Crippen LogP contribution in [0.5, 0.6) is 0 Å². The van der Waals surface area contributed by atoms with Crippen LogP contribution in [0.4, 0.5) is 5.69 Å². The molecule has 0 saturated carbocycles. The second-order valence-electron chi connectivity index (χ2n) is 6.69. The summed E-state index contributed by atoms with van der Waals surface area (Å²) >= 11 is 0. The molecule has 21 heavy (non-hydrogen) atoms. The molecule has 2 fully saturated rings. The van der Waals surface area contributed by atoms with Crippen LogP contribution in [-0.4, -0.2) is 49.1 Å². The maximum atomic E-state index is 3.65. The lowest BCUT2D eigenvalue weighted by Crippen LogP contribution is -2.40. The summed E-state index contributed by atoms with van der Waals surface area (Å²) < 4.78 is 0.